The molecule has 1 aliphatic rings. The number of carbonyl (C=O) groups is 1. The van der Waals surface area contributed by atoms with Gasteiger partial charge in [0.15, 0.2) is 11.6 Å². The van der Waals surface area contributed by atoms with Gasteiger partial charge < -0.3 is 25.2 Å². The highest BCUT2D eigenvalue weighted by Gasteiger charge is 2.35. The number of carbonyl (C=O) groups excluding carboxylic acids is 1. The number of rotatable bonds is 13. The maximum absolute atomic E-state index is 14.8. The van der Waals surface area contributed by atoms with Crippen molar-refractivity contribution < 1.29 is 23.8 Å². The van der Waals surface area contributed by atoms with Crippen molar-refractivity contribution in [3.8, 4) is 5.75 Å². The summed E-state index contributed by atoms with van der Waals surface area (Å²) in [5.74, 6) is 0.185. The lowest BCUT2D eigenvalue weighted by molar-refractivity contribution is 0.0408. The number of aliphatic hydroxyl groups is 1. The van der Waals surface area contributed by atoms with Crippen molar-refractivity contribution in [3.05, 3.63) is 65.0 Å². The standard InChI is InChI=1S/C34H51FN2O4/c1-7-8-19-40-31-16-15-25(20-28(31)35)21-29(37-32(39)41-33(4,5)6)30(38)23-36-34(17-10-9-11-18-34)27-14-12-13-26(22-27)24(2)3/h12-16,20,22,24,29-30,36,38H,7-11,17-19,21,23H2,1-6H3,(H,37,39)/t29-,30+/m0/s1. The van der Waals surface area contributed by atoms with Crippen LogP contribution >= 0.6 is 0 Å². The molecule has 3 N–H and O–H groups in total. The zero-order chi connectivity index (χ0) is 30.0. The van der Waals surface area contributed by atoms with Gasteiger partial charge >= 0.3 is 6.09 Å². The van der Waals surface area contributed by atoms with Crippen molar-refractivity contribution >= 4 is 6.09 Å². The molecule has 2 atom stereocenters. The van der Waals surface area contributed by atoms with Gasteiger partial charge in [-0.1, -0.05) is 76.8 Å². The molecule has 0 spiro atoms. The molecule has 41 heavy (non-hydrogen) atoms. The molecule has 1 saturated carbocycles. The van der Waals surface area contributed by atoms with Crippen molar-refractivity contribution in [2.75, 3.05) is 13.2 Å². The average Bonchev–Trinajstić information content (AvgIpc) is 2.92. The van der Waals surface area contributed by atoms with Crippen LogP contribution in [0.25, 0.3) is 0 Å². The molecule has 0 aromatic heterocycles. The zero-order valence-corrected chi connectivity index (χ0v) is 25.9. The van der Waals surface area contributed by atoms with Crippen molar-refractivity contribution in [1.82, 2.24) is 10.6 Å². The number of nitrogens with one attached hydrogen (secondary N) is 2. The predicted molar refractivity (Wildman–Crippen MR) is 163 cm³/mol. The van der Waals surface area contributed by atoms with Crippen LogP contribution in [0.2, 0.25) is 0 Å². The zero-order valence-electron chi connectivity index (χ0n) is 25.9. The van der Waals surface area contributed by atoms with Gasteiger partial charge in [-0.05, 0) is 81.2 Å². The summed E-state index contributed by atoms with van der Waals surface area (Å²) in [5, 5.41) is 18.0. The Labute approximate surface area is 246 Å². The third-order valence-electron chi connectivity index (χ3n) is 7.84. The minimum absolute atomic E-state index is 0.212. The van der Waals surface area contributed by atoms with Gasteiger partial charge in [-0.25, -0.2) is 9.18 Å². The van der Waals surface area contributed by atoms with Crippen LogP contribution in [0.5, 0.6) is 5.75 Å². The molecule has 7 heteroatoms. The number of halogens is 1. The fourth-order valence-electron chi connectivity index (χ4n) is 5.47. The van der Waals surface area contributed by atoms with E-state index in [1.807, 2.05) is 0 Å². The second-order valence-corrected chi connectivity index (χ2v) is 12.8. The van der Waals surface area contributed by atoms with E-state index in [0.29, 0.717) is 18.1 Å². The van der Waals surface area contributed by atoms with Crippen LogP contribution in [-0.4, -0.2) is 42.1 Å². The lowest BCUT2D eigenvalue weighted by Gasteiger charge is -2.40. The van der Waals surface area contributed by atoms with E-state index in [4.69, 9.17) is 9.47 Å². The summed E-state index contributed by atoms with van der Waals surface area (Å²) in [4.78, 5) is 12.8. The molecule has 0 unspecified atom stereocenters. The number of hydrogen-bond donors (Lipinski definition) is 3. The van der Waals surface area contributed by atoms with E-state index >= 15 is 0 Å². The van der Waals surface area contributed by atoms with E-state index in [2.05, 4.69) is 55.7 Å². The molecule has 6 nitrogen and oxygen atoms in total. The highest BCUT2D eigenvalue weighted by molar-refractivity contribution is 5.68. The number of alkyl carbamates (subject to hydrolysis) is 1. The number of unbranched alkanes of at least 4 members (excludes halogenated alkanes) is 1. The first-order valence-electron chi connectivity index (χ1n) is 15.4. The molecule has 1 aliphatic carbocycles. The summed E-state index contributed by atoms with van der Waals surface area (Å²) in [6.07, 6.45) is 5.90. The Morgan fingerprint density at radius 2 is 1.83 bits per heavy atom. The third kappa shape index (κ3) is 10.00. The minimum atomic E-state index is -0.932. The van der Waals surface area contributed by atoms with E-state index in [0.717, 1.165) is 38.5 Å². The molecule has 2 aromatic rings. The number of aliphatic hydroxyl groups excluding tert-OH is 1. The normalized spacial score (nSPS) is 16.7. The van der Waals surface area contributed by atoms with Crippen molar-refractivity contribution in [2.45, 2.75) is 122 Å². The first kappa shape index (κ1) is 32.9. The Hall–Kier alpha value is -2.64. The monoisotopic (exact) mass is 570 g/mol. The largest absolute Gasteiger partial charge is 0.491 e. The van der Waals surface area contributed by atoms with Crippen LogP contribution in [0.15, 0.2) is 42.5 Å². The van der Waals surface area contributed by atoms with E-state index in [1.54, 1.807) is 32.9 Å². The van der Waals surface area contributed by atoms with Gasteiger partial charge in [0.05, 0.1) is 18.8 Å². The Bertz CT molecular complexity index is 1110. The van der Waals surface area contributed by atoms with Gasteiger partial charge in [0.25, 0.3) is 0 Å². The lowest BCUT2D eigenvalue weighted by Crippen LogP contribution is -2.53. The number of hydrogen-bond acceptors (Lipinski definition) is 5. The van der Waals surface area contributed by atoms with E-state index in [9.17, 15) is 14.3 Å². The Balaban J connectivity index is 1.79. The van der Waals surface area contributed by atoms with Crippen molar-refractivity contribution in [3.63, 3.8) is 0 Å². The predicted octanol–water partition coefficient (Wildman–Crippen LogP) is 7.37. The summed E-state index contributed by atoms with van der Waals surface area (Å²) >= 11 is 0. The fraction of sp³-hybridized carbons (Fsp3) is 0.618. The van der Waals surface area contributed by atoms with E-state index in [-0.39, 0.29) is 24.3 Å². The fourth-order valence-corrected chi connectivity index (χ4v) is 5.47. The second kappa shape index (κ2) is 15.0. The Morgan fingerprint density at radius 3 is 2.46 bits per heavy atom. The maximum atomic E-state index is 14.8. The van der Waals surface area contributed by atoms with Crippen LogP contribution in [0, 0.1) is 5.82 Å². The molecular formula is C34H51FN2O4. The van der Waals surface area contributed by atoms with Gasteiger partial charge in [0.1, 0.15) is 5.60 Å². The molecule has 0 radical (unpaired) electrons. The first-order valence-corrected chi connectivity index (χ1v) is 15.4. The molecule has 0 aliphatic heterocycles. The SMILES string of the molecule is CCCCOc1ccc(C[C@H](NC(=O)OC(C)(C)C)[C@H](O)CNC2(c3cccc(C(C)C)c3)CCCCC2)cc1F. The lowest BCUT2D eigenvalue weighted by atomic mass is 9.75. The summed E-state index contributed by atoms with van der Waals surface area (Å²) in [7, 11) is 0. The minimum Gasteiger partial charge on any atom is -0.491 e. The molecule has 0 heterocycles. The first-order chi connectivity index (χ1) is 19.4. The van der Waals surface area contributed by atoms with Crippen molar-refractivity contribution in [1.29, 1.82) is 0 Å². The maximum Gasteiger partial charge on any atom is 0.407 e. The summed E-state index contributed by atoms with van der Waals surface area (Å²) < 4.78 is 25.9. The summed E-state index contributed by atoms with van der Waals surface area (Å²) in [5.41, 5.74) is 2.26. The summed E-state index contributed by atoms with van der Waals surface area (Å²) in [6, 6.07) is 12.9. The van der Waals surface area contributed by atoms with Gasteiger partial charge in [-0.3, -0.25) is 0 Å². The molecular weight excluding hydrogens is 519 g/mol. The molecule has 228 valence electrons. The van der Waals surface area contributed by atoms with Crippen molar-refractivity contribution in [2.24, 2.45) is 0 Å². The van der Waals surface area contributed by atoms with Gasteiger partial charge in [-0.2, -0.15) is 0 Å². The van der Waals surface area contributed by atoms with Crippen LogP contribution in [0.4, 0.5) is 9.18 Å². The highest BCUT2D eigenvalue weighted by Crippen LogP contribution is 2.38. The van der Waals surface area contributed by atoms with Crippen LogP contribution in [-0.2, 0) is 16.7 Å². The van der Waals surface area contributed by atoms with Gasteiger partial charge in [-0.15, -0.1) is 0 Å². The average molecular weight is 571 g/mol. The van der Waals surface area contributed by atoms with Crippen LogP contribution in [0.1, 0.15) is 109 Å². The molecule has 0 bridgehead atoms. The molecule has 2 aromatic carbocycles. The number of ether oxygens (including phenoxy) is 2. The van der Waals surface area contributed by atoms with Crippen LogP contribution in [0.3, 0.4) is 0 Å². The highest BCUT2D eigenvalue weighted by atomic mass is 19.1. The van der Waals surface area contributed by atoms with E-state index < -0.39 is 29.7 Å². The molecule has 1 fully saturated rings. The number of amides is 1. The van der Waals surface area contributed by atoms with Crippen LogP contribution < -0.4 is 15.4 Å². The topological polar surface area (TPSA) is 79.8 Å². The smallest absolute Gasteiger partial charge is 0.407 e. The van der Waals surface area contributed by atoms with Gasteiger partial charge in [0.2, 0.25) is 0 Å². The molecule has 3 rings (SSSR count). The number of benzene rings is 2. The second-order valence-electron chi connectivity index (χ2n) is 12.8. The quantitative estimate of drug-likeness (QED) is 0.219. The summed E-state index contributed by atoms with van der Waals surface area (Å²) in [6.45, 7) is 12.6. The third-order valence-corrected chi connectivity index (χ3v) is 7.84. The molecule has 0 saturated heterocycles. The van der Waals surface area contributed by atoms with Gasteiger partial charge in [0, 0.05) is 12.1 Å². The Morgan fingerprint density at radius 1 is 1.10 bits per heavy atom. The molecule has 1 amide bonds. The Kier molecular flexibility index (Phi) is 12.0. The van der Waals surface area contributed by atoms with E-state index in [1.165, 1.54) is 23.6 Å².